The van der Waals surface area contributed by atoms with Gasteiger partial charge in [0.15, 0.2) is 11.6 Å². The molecule has 5 nitrogen and oxygen atoms in total. The number of aromatic nitrogens is 3. The van der Waals surface area contributed by atoms with E-state index in [1.807, 2.05) is 12.1 Å². The smallest absolute Gasteiger partial charge is 0.159 e. The molecule has 1 N–H and O–H groups in total. The lowest BCUT2D eigenvalue weighted by molar-refractivity contribution is 0.221. The first-order valence-corrected chi connectivity index (χ1v) is 6.01. The maximum atomic E-state index is 5.77. The lowest BCUT2D eigenvalue weighted by Crippen LogP contribution is -2.19. The predicted molar refractivity (Wildman–Crippen MR) is 67.2 cm³/mol. The van der Waals surface area contributed by atoms with E-state index in [4.69, 9.17) is 4.74 Å². The summed E-state index contributed by atoms with van der Waals surface area (Å²) in [6.45, 7) is 1.91. The van der Waals surface area contributed by atoms with Crippen molar-refractivity contribution in [2.24, 2.45) is 0 Å². The van der Waals surface area contributed by atoms with E-state index in [9.17, 15) is 0 Å². The summed E-state index contributed by atoms with van der Waals surface area (Å²) in [7, 11) is 0. The summed E-state index contributed by atoms with van der Waals surface area (Å²) in [5, 5.41) is 3.26. The zero-order valence-electron chi connectivity index (χ0n) is 9.91. The van der Waals surface area contributed by atoms with Gasteiger partial charge in [0.05, 0.1) is 12.4 Å². The Balaban J connectivity index is 1.72. The molecule has 1 aliphatic rings. The third kappa shape index (κ3) is 2.46. The molecule has 0 radical (unpaired) electrons. The molecule has 3 rings (SSSR count). The number of nitrogens with one attached hydrogen (secondary N) is 1. The Hall–Kier alpha value is -2.01. The lowest BCUT2D eigenvalue weighted by atomic mass is 10.2. The normalized spacial score (nSPS) is 18.8. The molecule has 0 bridgehead atoms. The first-order valence-electron chi connectivity index (χ1n) is 6.01. The maximum absolute atomic E-state index is 5.77. The average Bonchev–Trinajstić information content (AvgIpc) is 2.94. The maximum Gasteiger partial charge on any atom is 0.159 e. The zero-order valence-corrected chi connectivity index (χ0v) is 9.91. The Morgan fingerprint density at radius 3 is 2.61 bits per heavy atom. The Morgan fingerprint density at radius 2 is 1.94 bits per heavy atom. The molecule has 0 saturated carbocycles. The topological polar surface area (TPSA) is 59.9 Å². The molecule has 1 aliphatic heterocycles. The SMILES string of the molecule is c1cc(-c2ncc(OC3CCNC3)cn2)ccn1. The summed E-state index contributed by atoms with van der Waals surface area (Å²) in [6, 6.07) is 3.77. The van der Waals surface area contributed by atoms with E-state index in [0.717, 1.165) is 30.8 Å². The van der Waals surface area contributed by atoms with Gasteiger partial charge in [-0.2, -0.15) is 0 Å². The van der Waals surface area contributed by atoms with Crippen LogP contribution < -0.4 is 10.1 Å². The molecule has 3 heterocycles. The largest absolute Gasteiger partial charge is 0.486 e. The van der Waals surface area contributed by atoms with Crippen LogP contribution in [0.5, 0.6) is 5.75 Å². The Morgan fingerprint density at radius 1 is 1.17 bits per heavy atom. The molecule has 2 aromatic heterocycles. The van der Waals surface area contributed by atoms with Crippen molar-refractivity contribution < 1.29 is 4.74 Å². The molecular weight excluding hydrogens is 228 g/mol. The lowest BCUT2D eigenvalue weighted by Gasteiger charge is -2.11. The molecule has 92 valence electrons. The number of rotatable bonds is 3. The molecule has 1 saturated heterocycles. The van der Waals surface area contributed by atoms with Crippen molar-refractivity contribution in [3.05, 3.63) is 36.9 Å². The highest BCUT2D eigenvalue weighted by Crippen LogP contribution is 2.17. The molecule has 0 aromatic carbocycles. The van der Waals surface area contributed by atoms with Crippen LogP contribution >= 0.6 is 0 Å². The second-order valence-corrected chi connectivity index (χ2v) is 4.21. The van der Waals surface area contributed by atoms with Gasteiger partial charge in [0.2, 0.25) is 0 Å². The van der Waals surface area contributed by atoms with Gasteiger partial charge in [0.1, 0.15) is 6.10 Å². The van der Waals surface area contributed by atoms with E-state index in [1.165, 1.54) is 0 Å². The number of pyridine rings is 1. The van der Waals surface area contributed by atoms with Gasteiger partial charge < -0.3 is 10.1 Å². The van der Waals surface area contributed by atoms with E-state index >= 15 is 0 Å². The van der Waals surface area contributed by atoms with Crippen LogP contribution in [-0.2, 0) is 0 Å². The highest BCUT2D eigenvalue weighted by Gasteiger charge is 2.16. The van der Waals surface area contributed by atoms with Crippen LogP contribution in [0.2, 0.25) is 0 Å². The van der Waals surface area contributed by atoms with E-state index in [2.05, 4.69) is 20.3 Å². The van der Waals surface area contributed by atoms with Crippen LogP contribution in [0.3, 0.4) is 0 Å². The molecule has 0 spiro atoms. The quantitative estimate of drug-likeness (QED) is 0.878. The second kappa shape index (κ2) is 5.10. The summed E-state index contributed by atoms with van der Waals surface area (Å²) < 4.78 is 5.77. The molecule has 0 aliphatic carbocycles. The Bertz CT molecular complexity index is 494. The van der Waals surface area contributed by atoms with E-state index in [-0.39, 0.29) is 6.10 Å². The molecule has 0 amide bonds. The summed E-state index contributed by atoms with van der Waals surface area (Å²) in [5.41, 5.74) is 0.957. The van der Waals surface area contributed by atoms with Gasteiger partial charge in [-0.3, -0.25) is 4.98 Å². The average molecular weight is 242 g/mol. The Kier molecular flexibility index (Phi) is 3.14. The standard InChI is InChI=1S/C13H14N4O/c1-4-14-5-2-10(1)13-16-8-12(9-17-13)18-11-3-6-15-7-11/h1-2,4-5,8-9,11,15H,3,6-7H2. The van der Waals surface area contributed by atoms with Crippen molar-refractivity contribution in [2.45, 2.75) is 12.5 Å². The highest BCUT2D eigenvalue weighted by atomic mass is 16.5. The fourth-order valence-corrected chi connectivity index (χ4v) is 1.95. The summed E-state index contributed by atoms with van der Waals surface area (Å²) in [6.07, 6.45) is 8.18. The third-order valence-corrected chi connectivity index (χ3v) is 2.88. The van der Waals surface area contributed by atoms with E-state index in [0.29, 0.717) is 5.82 Å². The summed E-state index contributed by atoms with van der Waals surface area (Å²) in [5.74, 6) is 1.41. The van der Waals surface area contributed by atoms with E-state index < -0.39 is 0 Å². The van der Waals surface area contributed by atoms with Crippen molar-refractivity contribution in [1.29, 1.82) is 0 Å². The monoisotopic (exact) mass is 242 g/mol. The fourth-order valence-electron chi connectivity index (χ4n) is 1.95. The van der Waals surface area contributed by atoms with Gasteiger partial charge in [-0.1, -0.05) is 0 Å². The first kappa shape index (κ1) is 11.1. The van der Waals surface area contributed by atoms with Crippen molar-refractivity contribution in [3.63, 3.8) is 0 Å². The summed E-state index contributed by atoms with van der Waals surface area (Å²) in [4.78, 5) is 12.6. The van der Waals surface area contributed by atoms with Gasteiger partial charge >= 0.3 is 0 Å². The van der Waals surface area contributed by atoms with Crippen molar-refractivity contribution in [1.82, 2.24) is 20.3 Å². The summed E-state index contributed by atoms with van der Waals surface area (Å²) >= 11 is 0. The van der Waals surface area contributed by atoms with Gasteiger partial charge in [-0.25, -0.2) is 9.97 Å². The van der Waals surface area contributed by atoms with Crippen molar-refractivity contribution >= 4 is 0 Å². The first-order chi connectivity index (χ1) is 8.92. The van der Waals surface area contributed by atoms with Crippen molar-refractivity contribution in [2.75, 3.05) is 13.1 Å². The van der Waals surface area contributed by atoms with Crippen LogP contribution in [0.1, 0.15) is 6.42 Å². The number of nitrogens with zero attached hydrogens (tertiary/aromatic N) is 3. The van der Waals surface area contributed by atoms with Gasteiger partial charge in [-0.15, -0.1) is 0 Å². The minimum atomic E-state index is 0.236. The minimum Gasteiger partial charge on any atom is -0.486 e. The van der Waals surface area contributed by atoms with Crippen LogP contribution in [0.4, 0.5) is 0 Å². The second-order valence-electron chi connectivity index (χ2n) is 4.21. The number of ether oxygens (including phenoxy) is 1. The molecule has 1 atom stereocenters. The minimum absolute atomic E-state index is 0.236. The number of hydrogen-bond donors (Lipinski definition) is 1. The van der Waals surface area contributed by atoms with Gasteiger partial charge in [0.25, 0.3) is 0 Å². The molecular formula is C13H14N4O. The molecule has 5 heteroatoms. The van der Waals surface area contributed by atoms with Crippen molar-refractivity contribution in [3.8, 4) is 17.1 Å². The molecule has 18 heavy (non-hydrogen) atoms. The zero-order chi connectivity index (χ0) is 12.2. The van der Waals surface area contributed by atoms with Crippen LogP contribution in [0, 0.1) is 0 Å². The number of hydrogen-bond acceptors (Lipinski definition) is 5. The van der Waals surface area contributed by atoms with Gasteiger partial charge in [0, 0.05) is 24.5 Å². The third-order valence-electron chi connectivity index (χ3n) is 2.88. The van der Waals surface area contributed by atoms with Crippen LogP contribution in [0.15, 0.2) is 36.9 Å². The predicted octanol–water partition coefficient (Wildman–Crippen LogP) is 1.28. The van der Waals surface area contributed by atoms with E-state index in [1.54, 1.807) is 24.8 Å². The highest BCUT2D eigenvalue weighted by molar-refractivity contribution is 5.53. The molecule has 2 aromatic rings. The van der Waals surface area contributed by atoms with Crippen LogP contribution in [0.25, 0.3) is 11.4 Å². The molecule has 1 fully saturated rings. The molecule has 1 unspecified atom stereocenters. The Labute approximate surface area is 105 Å². The fraction of sp³-hybridized carbons (Fsp3) is 0.308. The van der Waals surface area contributed by atoms with Gasteiger partial charge in [-0.05, 0) is 25.1 Å². The van der Waals surface area contributed by atoms with Crippen LogP contribution in [-0.4, -0.2) is 34.1 Å².